The first-order valence-corrected chi connectivity index (χ1v) is 7.60. The molecule has 2 bridgehead atoms. The average molecular weight is 337 g/mol. The van der Waals surface area contributed by atoms with Crippen LogP contribution in [0.5, 0.6) is 0 Å². The molecule has 1 spiro atoms. The number of benzene rings is 1. The van der Waals surface area contributed by atoms with Crippen molar-refractivity contribution in [2.75, 3.05) is 6.54 Å². The van der Waals surface area contributed by atoms with Gasteiger partial charge >= 0.3 is 0 Å². The molecular weight excluding hydrogens is 325 g/mol. The highest BCUT2D eigenvalue weighted by Crippen LogP contribution is 2.51. The van der Waals surface area contributed by atoms with E-state index in [0.29, 0.717) is 0 Å². The molecule has 1 amide bonds. The van der Waals surface area contributed by atoms with E-state index < -0.39 is 35.3 Å². The van der Waals surface area contributed by atoms with Gasteiger partial charge in [0, 0.05) is 22.5 Å². The molecule has 3 heterocycles. The van der Waals surface area contributed by atoms with Crippen LogP contribution in [0.2, 0.25) is 5.02 Å². The Morgan fingerprint density at radius 2 is 2.30 bits per heavy atom. The highest BCUT2D eigenvalue weighted by atomic mass is 35.5. The van der Waals surface area contributed by atoms with Gasteiger partial charge in [0.15, 0.2) is 0 Å². The Hall–Kier alpha value is -1.92. The summed E-state index contributed by atoms with van der Waals surface area (Å²) in [6, 6.07) is 4.30. The summed E-state index contributed by atoms with van der Waals surface area (Å²) >= 11 is 6.00. The van der Waals surface area contributed by atoms with Gasteiger partial charge in [-0.1, -0.05) is 29.8 Å². The summed E-state index contributed by atoms with van der Waals surface area (Å²) in [7, 11) is 0. The third-order valence-electron chi connectivity index (χ3n) is 4.86. The lowest BCUT2D eigenvalue weighted by atomic mass is 9.77. The third-order valence-corrected chi connectivity index (χ3v) is 5.22. The van der Waals surface area contributed by atoms with Crippen molar-refractivity contribution >= 4 is 23.5 Å². The molecule has 0 aromatic heterocycles. The van der Waals surface area contributed by atoms with Gasteiger partial charge in [-0.3, -0.25) is 4.79 Å². The fourth-order valence-electron chi connectivity index (χ4n) is 3.86. The molecule has 4 rings (SSSR count). The molecule has 23 heavy (non-hydrogen) atoms. The van der Waals surface area contributed by atoms with Crippen LogP contribution in [0.4, 0.5) is 4.39 Å². The standard InChI is InChI=1S/C16H13ClFNO4/c17-9-2-1-3-10(18)8(9)6-19-7-16-5-4-11(23-16)12(15(21)22)13(16)14(19)20/h1-5,11-13H,6-7H2,(H,21,22)/p-1/t11-,12+,13-,16+/m1/s1. The van der Waals surface area contributed by atoms with Crippen molar-refractivity contribution in [2.45, 2.75) is 18.2 Å². The molecule has 120 valence electrons. The number of amides is 1. The zero-order valence-electron chi connectivity index (χ0n) is 11.9. The highest BCUT2D eigenvalue weighted by Gasteiger charge is 2.65. The van der Waals surface area contributed by atoms with Crippen LogP contribution in [0.3, 0.4) is 0 Å². The summed E-state index contributed by atoms with van der Waals surface area (Å²) < 4.78 is 19.7. The van der Waals surface area contributed by atoms with Crippen LogP contribution >= 0.6 is 11.6 Å². The van der Waals surface area contributed by atoms with E-state index in [9.17, 15) is 19.1 Å². The molecule has 3 aliphatic rings. The number of carbonyl (C=O) groups is 2. The summed E-state index contributed by atoms with van der Waals surface area (Å²) in [5, 5.41) is 11.6. The van der Waals surface area contributed by atoms with Crippen molar-refractivity contribution in [2.24, 2.45) is 11.8 Å². The molecule has 0 saturated carbocycles. The Bertz CT molecular complexity index is 731. The van der Waals surface area contributed by atoms with Crippen molar-refractivity contribution in [3.05, 3.63) is 46.8 Å². The molecule has 1 aromatic carbocycles. The SMILES string of the molecule is O=C([O-])[C@H]1[C@H]2C=C[C@@]3(CN(Cc4c(F)cccc4Cl)C(=O)[C@@H]13)O2. The van der Waals surface area contributed by atoms with Crippen molar-refractivity contribution in [1.82, 2.24) is 4.90 Å². The molecule has 1 aromatic rings. The number of halogens is 2. The smallest absolute Gasteiger partial charge is 0.230 e. The second-order valence-electron chi connectivity index (χ2n) is 6.11. The molecule has 2 fully saturated rings. The second-order valence-corrected chi connectivity index (χ2v) is 6.52. The van der Waals surface area contributed by atoms with Crippen LogP contribution < -0.4 is 5.11 Å². The van der Waals surface area contributed by atoms with Crippen LogP contribution in [0.25, 0.3) is 0 Å². The molecule has 0 N–H and O–H groups in total. The molecule has 5 nitrogen and oxygen atoms in total. The summed E-state index contributed by atoms with van der Waals surface area (Å²) in [5.74, 6) is -4.01. The molecular formula is C16H12ClFNO4-. The van der Waals surface area contributed by atoms with Crippen LogP contribution in [0, 0.1) is 17.7 Å². The Balaban J connectivity index is 1.66. The minimum Gasteiger partial charge on any atom is -0.550 e. The number of aliphatic carboxylic acids is 1. The van der Waals surface area contributed by atoms with E-state index in [-0.39, 0.29) is 29.6 Å². The van der Waals surface area contributed by atoms with Crippen LogP contribution in [0.15, 0.2) is 30.4 Å². The van der Waals surface area contributed by atoms with Crippen molar-refractivity contribution < 1.29 is 23.8 Å². The quantitative estimate of drug-likeness (QED) is 0.754. The zero-order valence-corrected chi connectivity index (χ0v) is 12.6. The van der Waals surface area contributed by atoms with Crippen molar-refractivity contribution in [3.63, 3.8) is 0 Å². The predicted octanol–water partition coefficient (Wildman–Crippen LogP) is 0.511. The normalized spacial score (nSPS) is 34.3. The van der Waals surface area contributed by atoms with E-state index in [4.69, 9.17) is 16.3 Å². The van der Waals surface area contributed by atoms with Gasteiger partial charge in [-0.2, -0.15) is 0 Å². The fourth-order valence-corrected chi connectivity index (χ4v) is 4.08. The van der Waals surface area contributed by atoms with E-state index in [1.54, 1.807) is 18.2 Å². The fraction of sp³-hybridized carbons (Fsp3) is 0.375. The Morgan fingerprint density at radius 3 is 3.00 bits per heavy atom. The van der Waals surface area contributed by atoms with Gasteiger partial charge in [-0.15, -0.1) is 0 Å². The number of nitrogens with zero attached hydrogens (tertiary/aromatic N) is 1. The Kier molecular flexibility index (Phi) is 3.05. The van der Waals surface area contributed by atoms with E-state index in [1.165, 1.54) is 17.0 Å². The van der Waals surface area contributed by atoms with Gasteiger partial charge in [-0.25, -0.2) is 4.39 Å². The molecule has 2 saturated heterocycles. The van der Waals surface area contributed by atoms with Crippen LogP contribution in [-0.4, -0.2) is 35.0 Å². The van der Waals surface area contributed by atoms with E-state index in [2.05, 4.69) is 0 Å². The topological polar surface area (TPSA) is 69.7 Å². The molecule has 4 atom stereocenters. The van der Waals surface area contributed by atoms with Crippen LogP contribution in [-0.2, 0) is 20.9 Å². The summed E-state index contributed by atoms with van der Waals surface area (Å²) in [4.78, 5) is 25.4. The number of carboxylic acid groups (broad SMARTS) is 1. The molecule has 0 radical (unpaired) electrons. The van der Waals surface area contributed by atoms with Gasteiger partial charge in [0.25, 0.3) is 0 Å². The van der Waals surface area contributed by atoms with Gasteiger partial charge in [-0.05, 0) is 12.1 Å². The molecule has 0 unspecified atom stereocenters. The largest absolute Gasteiger partial charge is 0.550 e. The summed E-state index contributed by atoms with van der Waals surface area (Å²) in [6.07, 6.45) is 2.76. The predicted molar refractivity (Wildman–Crippen MR) is 75.6 cm³/mol. The summed E-state index contributed by atoms with van der Waals surface area (Å²) in [5.41, 5.74) is -0.744. The highest BCUT2D eigenvalue weighted by molar-refractivity contribution is 6.31. The average Bonchev–Trinajstić information content (AvgIpc) is 3.12. The van der Waals surface area contributed by atoms with Gasteiger partial charge in [0.2, 0.25) is 5.91 Å². The number of carbonyl (C=O) groups excluding carboxylic acids is 2. The number of likely N-dealkylation sites (tertiary alicyclic amines) is 1. The molecule has 3 aliphatic heterocycles. The number of rotatable bonds is 3. The maximum absolute atomic E-state index is 13.9. The molecule has 0 aliphatic carbocycles. The van der Waals surface area contributed by atoms with Gasteiger partial charge in [0.1, 0.15) is 11.4 Å². The van der Waals surface area contributed by atoms with Crippen molar-refractivity contribution in [1.29, 1.82) is 0 Å². The van der Waals surface area contributed by atoms with Gasteiger partial charge < -0.3 is 19.5 Å². The zero-order chi connectivity index (χ0) is 16.4. The number of hydrogen-bond donors (Lipinski definition) is 0. The minimum atomic E-state index is -1.30. The monoisotopic (exact) mass is 336 g/mol. The van der Waals surface area contributed by atoms with Crippen LogP contribution in [0.1, 0.15) is 5.56 Å². The first-order valence-electron chi connectivity index (χ1n) is 7.23. The Labute approximate surface area is 136 Å². The van der Waals surface area contributed by atoms with E-state index >= 15 is 0 Å². The first-order chi connectivity index (χ1) is 10.9. The van der Waals surface area contributed by atoms with Gasteiger partial charge in [0.05, 0.1) is 25.1 Å². The van der Waals surface area contributed by atoms with Crippen molar-refractivity contribution in [3.8, 4) is 0 Å². The summed E-state index contributed by atoms with van der Waals surface area (Å²) in [6.45, 7) is 0.155. The third kappa shape index (κ3) is 1.95. The number of hydrogen-bond acceptors (Lipinski definition) is 4. The number of ether oxygens (including phenoxy) is 1. The molecule has 7 heteroatoms. The first kappa shape index (κ1) is 14.7. The number of carboxylic acids is 1. The number of fused-ring (bicyclic) bond motifs is 1. The maximum atomic E-state index is 13.9. The van der Waals surface area contributed by atoms with E-state index in [1.807, 2.05) is 0 Å². The lowest BCUT2D eigenvalue weighted by Crippen LogP contribution is -2.45. The Morgan fingerprint density at radius 1 is 1.52 bits per heavy atom. The minimum absolute atomic E-state index is 0.0236. The maximum Gasteiger partial charge on any atom is 0.230 e. The lowest BCUT2D eigenvalue weighted by Gasteiger charge is -2.24. The van der Waals surface area contributed by atoms with E-state index in [0.717, 1.165) is 0 Å². The lowest BCUT2D eigenvalue weighted by molar-refractivity contribution is -0.313. The second kappa shape index (κ2) is 4.79.